The van der Waals surface area contributed by atoms with E-state index in [1.54, 1.807) is 20.3 Å². The highest BCUT2D eigenvalue weighted by molar-refractivity contribution is 6.44. The van der Waals surface area contributed by atoms with Gasteiger partial charge in [-0.2, -0.15) is 0 Å². The number of benzene rings is 2. The van der Waals surface area contributed by atoms with Crippen molar-refractivity contribution in [2.75, 3.05) is 14.2 Å². The molecule has 0 spiro atoms. The van der Waals surface area contributed by atoms with Gasteiger partial charge in [-0.1, -0.05) is 58.5 Å². The Kier molecular flexibility index (Phi) is 5.92. The van der Waals surface area contributed by atoms with Crippen molar-refractivity contribution >= 4 is 57.2 Å². The van der Waals surface area contributed by atoms with Crippen LogP contribution < -0.4 is 9.47 Å². The van der Waals surface area contributed by atoms with Crippen molar-refractivity contribution in [2.24, 2.45) is 0 Å². The summed E-state index contributed by atoms with van der Waals surface area (Å²) >= 11 is 23.8. The van der Waals surface area contributed by atoms with Gasteiger partial charge < -0.3 is 9.47 Å². The Labute approximate surface area is 170 Å². The topological polar surface area (TPSA) is 57.1 Å². The van der Waals surface area contributed by atoms with Gasteiger partial charge in [0.05, 0.1) is 19.6 Å². The fraction of sp³-hybridized carbons (Fsp3) is 0.235. The normalized spacial score (nSPS) is 11.4. The third-order valence-corrected chi connectivity index (χ3v) is 4.49. The summed E-state index contributed by atoms with van der Waals surface area (Å²) in [6.45, 7) is 0. The van der Waals surface area contributed by atoms with Crippen LogP contribution in [0.5, 0.6) is 11.5 Å². The van der Waals surface area contributed by atoms with E-state index >= 15 is 0 Å². The van der Waals surface area contributed by atoms with Crippen LogP contribution in [0.25, 0.3) is 22.2 Å². The van der Waals surface area contributed by atoms with Crippen LogP contribution in [-0.4, -0.2) is 29.2 Å². The third kappa shape index (κ3) is 3.62. The lowest BCUT2D eigenvalue weighted by Crippen LogP contribution is -2.05. The first kappa shape index (κ1) is 19.2. The van der Waals surface area contributed by atoms with Gasteiger partial charge in [0, 0.05) is 10.9 Å². The molecule has 9 heteroatoms. The molecule has 0 N–H and O–H groups in total. The number of halogens is 4. The molecule has 3 rings (SSSR count). The van der Waals surface area contributed by atoms with Gasteiger partial charge in [-0.25, -0.2) is 15.0 Å². The summed E-state index contributed by atoms with van der Waals surface area (Å²) in [7, 11) is 3.19. The second kappa shape index (κ2) is 8.01. The molecule has 26 heavy (non-hydrogen) atoms. The van der Waals surface area contributed by atoms with Crippen LogP contribution in [0.15, 0.2) is 30.3 Å². The van der Waals surface area contributed by atoms with E-state index in [1.165, 1.54) is 0 Å². The number of methoxy groups -OCH3 is 2. The Bertz CT molecular complexity index is 914. The van der Waals surface area contributed by atoms with E-state index in [1.807, 2.05) is 24.3 Å². The molecule has 0 aliphatic heterocycles. The Balaban J connectivity index is 2.33. The molecule has 2 aromatic carbocycles. The summed E-state index contributed by atoms with van der Waals surface area (Å²) in [5, 5.41) is 1.62. The van der Waals surface area contributed by atoms with Gasteiger partial charge in [-0.05, 0) is 18.2 Å². The van der Waals surface area contributed by atoms with Crippen LogP contribution in [0.4, 0.5) is 0 Å². The first-order valence-electron chi connectivity index (χ1n) is 7.42. The van der Waals surface area contributed by atoms with Crippen LogP contribution in [0.1, 0.15) is 21.3 Å². The number of alkyl halides is 4. The molecular formula is C17H13Cl4N3O2. The molecule has 0 aliphatic rings. The van der Waals surface area contributed by atoms with Gasteiger partial charge in [-0.15, -0.1) is 0 Å². The fourth-order valence-electron chi connectivity index (χ4n) is 2.60. The molecule has 3 aromatic rings. The van der Waals surface area contributed by atoms with Crippen molar-refractivity contribution in [1.29, 1.82) is 0 Å². The van der Waals surface area contributed by atoms with Gasteiger partial charge in [0.2, 0.25) is 0 Å². The summed E-state index contributed by atoms with van der Waals surface area (Å²) in [4.78, 5) is 10.9. The van der Waals surface area contributed by atoms with E-state index in [4.69, 9.17) is 55.9 Å². The number of rotatable bonds is 5. The molecule has 0 atom stereocenters. The van der Waals surface area contributed by atoms with Crippen molar-refractivity contribution in [3.63, 3.8) is 0 Å². The SMILES string of the molecule is COc1cccc2c(-c3nc(C(Cl)Cl)nc(C(Cl)Cl)n3)ccc(OC)c12. The third-order valence-electron chi connectivity index (χ3n) is 3.71. The first-order chi connectivity index (χ1) is 12.5. The number of hydrogen-bond acceptors (Lipinski definition) is 5. The Morgan fingerprint density at radius 2 is 1.35 bits per heavy atom. The van der Waals surface area contributed by atoms with Crippen LogP contribution in [0.2, 0.25) is 0 Å². The average molecular weight is 433 g/mol. The molecule has 0 fully saturated rings. The van der Waals surface area contributed by atoms with Crippen LogP contribution in [-0.2, 0) is 0 Å². The molecule has 0 unspecified atom stereocenters. The van der Waals surface area contributed by atoms with E-state index in [2.05, 4.69) is 15.0 Å². The molecular weight excluding hydrogens is 420 g/mol. The largest absolute Gasteiger partial charge is 0.496 e. The first-order valence-corrected chi connectivity index (χ1v) is 9.17. The Hall–Kier alpha value is -1.53. The Morgan fingerprint density at radius 1 is 0.769 bits per heavy atom. The quantitative estimate of drug-likeness (QED) is 0.486. The summed E-state index contributed by atoms with van der Waals surface area (Å²) in [6.07, 6.45) is 0. The second-order valence-electron chi connectivity index (χ2n) is 5.18. The van der Waals surface area contributed by atoms with Crippen molar-refractivity contribution in [3.05, 3.63) is 42.0 Å². The van der Waals surface area contributed by atoms with Crippen LogP contribution in [0, 0.1) is 0 Å². The van der Waals surface area contributed by atoms with E-state index in [0.717, 1.165) is 10.8 Å². The summed E-state index contributed by atoms with van der Waals surface area (Å²) in [5.41, 5.74) is 0.715. The van der Waals surface area contributed by atoms with Crippen LogP contribution in [0.3, 0.4) is 0 Å². The number of fused-ring (bicyclic) bond motifs is 1. The highest BCUT2D eigenvalue weighted by Gasteiger charge is 2.20. The van der Waals surface area contributed by atoms with Crippen molar-refractivity contribution in [3.8, 4) is 22.9 Å². The maximum absolute atomic E-state index is 5.94. The van der Waals surface area contributed by atoms with Crippen molar-refractivity contribution in [1.82, 2.24) is 15.0 Å². The molecule has 0 radical (unpaired) electrons. The highest BCUT2D eigenvalue weighted by Crippen LogP contribution is 2.39. The Morgan fingerprint density at radius 3 is 1.88 bits per heavy atom. The standard InChI is InChI=1S/C17H13Cl4N3O2/c1-25-10-5-3-4-8-9(6-7-11(26-2)12(8)10)15-22-16(13(18)19)24-17(23-15)14(20)21/h3-7,13-14H,1-2H3. The number of hydrogen-bond donors (Lipinski definition) is 0. The highest BCUT2D eigenvalue weighted by atomic mass is 35.5. The van der Waals surface area contributed by atoms with Crippen molar-refractivity contribution < 1.29 is 9.47 Å². The fourth-order valence-corrected chi connectivity index (χ4v) is 2.99. The van der Waals surface area contributed by atoms with Crippen molar-refractivity contribution in [2.45, 2.75) is 9.67 Å². The number of nitrogens with zero attached hydrogens (tertiary/aromatic N) is 3. The number of aromatic nitrogens is 3. The smallest absolute Gasteiger partial charge is 0.167 e. The van der Waals surface area contributed by atoms with E-state index in [0.29, 0.717) is 22.9 Å². The minimum absolute atomic E-state index is 0.173. The lowest BCUT2D eigenvalue weighted by atomic mass is 10.0. The lowest BCUT2D eigenvalue weighted by Gasteiger charge is -2.14. The zero-order valence-electron chi connectivity index (χ0n) is 13.7. The molecule has 0 bridgehead atoms. The average Bonchev–Trinajstić information content (AvgIpc) is 2.66. The van der Waals surface area contributed by atoms with Gasteiger partial charge in [0.25, 0.3) is 0 Å². The maximum Gasteiger partial charge on any atom is 0.167 e. The summed E-state index contributed by atoms with van der Waals surface area (Å²) in [5.74, 6) is 2.02. The zero-order chi connectivity index (χ0) is 18.8. The molecule has 0 amide bonds. The lowest BCUT2D eigenvalue weighted by molar-refractivity contribution is 0.405. The predicted octanol–water partition coefficient (Wildman–Crippen LogP) is 5.66. The maximum atomic E-state index is 5.94. The molecule has 136 valence electrons. The predicted molar refractivity (Wildman–Crippen MR) is 105 cm³/mol. The number of ether oxygens (including phenoxy) is 2. The van der Waals surface area contributed by atoms with Gasteiger partial charge in [-0.3, -0.25) is 0 Å². The van der Waals surface area contributed by atoms with Crippen LogP contribution >= 0.6 is 46.4 Å². The zero-order valence-corrected chi connectivity index (χ0v) is 16.7. The second-order valence-corrected chi connectivity index (χ2v) is 7.37. The molecule has 0 saturated heterocycles. The minimum atomic E-state index is -0.943. The molecule has 5 nitrogen and oxygen atoms in total. The van der Waals surface area contributed by atoms with Gasteiger partial charge >= 0.3 is 0 Å². The molecule has 0 saturated carbocycles. The molecule has 1 heterocycles. The van der Waals surface area contributed by atoms with E-state index < -0.39 is 9.67 Å². The molecule has 1 aromatic heterocycles. The minimum Gasteiger partial charge on any atom is -0.496 e. The van der Waals surface area contributed by atoms with Gasteiger partial charge in [0.15, 0.2) is 27.1 Å². The monoisotopic (exact) mass is 431 g/mol. The summed E-state index contributed by atoms with van der Waals surface area (Å²) < 4.78 is 10.9. The van der Waals surface area contributed by atoms with E-state index in [-0.39, 0.29) is 11.6 Å². The van der Waals surface area contributed by atoms with Gasteiger partial charge in [0.1, 0.15) is 11.5 Å². The van der Waals surface area contributed by atoms with E-state index in [9.17, 15) is 0 Å². The molecule has 0 aliphatic carbocycles. The summed E-state index contributed by atoms with van der Waals surface area (Å²) in [6, 6.07) is 9.26.